The Morgan fingerprint density at radius 1 is 1.60 bits per heavy atom. The Morgan fingerprint density at radius 3 is 2.70 bits per heavy atom. The lowest BCUT2D eigenvalue weighted by Crippen LogP contribution is -2.27. The van der Waals surface area contributed by atoms with E-state index in [1.165, 1.54) is 0 Å². The summed E-state index contributed by atoms with van der Waals surface area (Å²) < 4.78 is 0. The van der Waals surface area contributed by atoms with Gasteiger partial charge in [0.2, 0.25) is 0 Å². The summed E-state index contributed by atoms with van der Waals surface area (Å²) >= 11 is 0. The Kier molecular flexibility index (Phi) is 1.81. The summed E-state index contributed by atoms with van der Waals surface area (Å²) in [5.41, 5.74) is 7.17. The highest BCUT2D eigenvalue weighted by atomic mass is 16.3. The molecule has 0 spiro atoms. The zero-order chi connectivity index (χ0) is 7.72. The van der Waals surface area contributed by atoms with Gasteiger partial charge in [-0.2, -0.15) is 0 Å². The van der Waals surface area contributed by atoms with Gasteiger partial charge in [0.05, 0.1) is 6.10 Å². The number of hydrogen-bond acceptors (Lipinski definition) is 2. The van der Waals surface area contributed by atoms with Crippen molar-refractivity contribution < 1.29 is 5.11 Å². The third-order valence-electron chi connectivity index (χ3n) is 1.92. The number of aliphatic hydroxyl groups excluding tert-OH is 1. The molecular formula is C8H13NO. The smallest absolute Gasteiger partial charge is 0.0994 e. The molecule has 0 radical (unpaired) electrons. The summed E-state index contributed by atoms with van der Waals surface area (Å²) in [5.74, 6) is 0.156. The summed E-state index contributed by atoms with van der Waals surface area (Å²) in [6.45, 7) is 3.85. The van der Waals surface area contributed by atoms with E-state index in [0.29, 0.717) is 5.70 Å². The summed E-state index contributed by atoms with van der Waals surface area (Å²) in [7, 11) is 0. The molecule has 0 amide bonds. The van der Waals surface area contributed by atoms with Crippen LogP contribution in [0.2, 0.25) is 0 Å². The minimum Gasteiger partial charge on any atom is -0.400 e. The van der Waals surface area contributed by atoms with Gasteiger partial charge in [0.1, 0.15) is 0 Å². The molecule has 56 valence electrons. The maximum atomic E-state index is 9.38. The molecule has 1 rings (SSSR count). The number of hydrogen-bond donors (Lipinski definition) is 2. The molecule has 0 aromatic carbocycles. The van der Waals surface area contributed by atoms with Crippen LogP contribution in [-0.2, 0) is 0 Å². The number of aliphatic hydroxyl groups is 1. The van der Waals surface area contributed by atoms with Crippen LogP contribution in [0.4, 0.5) is 0 Å². The van der Waals surface area contributed by atoms with Crippen molar-refractivity contribution in [2.75, 3.05) is 0 Å². The van der Waals surface area contributed by atoms with Crippen molar-refractivity contribution in [1.82, 2.24) is 0 Å². The highest BCUT2D eigenvalue weighted by molar-refractivity contribution is 5.29. The van der Waals surface area contributed by atoms with Crippen LogP contribution in [0.5, 0.6) is 0 Å². The Hall–Kier alpha value is -0.760. The quantitative estimate of drug-likeness (QED) is 0.521. The normalized spacial score (nSPS) is 33.1. The van der Waals surface area contributed by atoms with Gasteiger partial charge in [-0.15, -0.1) is 0 Å². The van der Waals surface area contributed by atoms with Crippen LogP contribution in [0.25, 0.3) is 0 Å². The third-order valence-corrected chi connectivity index (χ3v) is 1.92. The van der Waals surface area contributed by atoms with Crippen LogP contribution in [0.3, 0.4) is 0 Å². The second-order valence-electron chi connectivity index (χ2n) is 2.80. The number of nitrogens with two attached hydrogens (primary N) is 1. The molecule has 2 atom stereocenters. The first-order valence-corrected chi connectivity index (χ1v) is 3.45. The molecule has 0 aromatic rings. The van der Waals surface area contributed by atoms with Gasteiger partial charge in [0, 0.05) is 11.6 Å². The van der Waals surface area contributed by atoms with Crippen LogP contribution in [0.1, 0.15) is 13.8 Å². The lowest BCUT2D eigenvalue weighted by atomic mass is 9.93. The van der Waals surface area contributed by atoms with E-state index in [-0.39, 0.29) is 5.92 Å². The predicted octanol–water partition coefficient (Wildman–Crippen LogP) is 0.786. The number of allylic oxidation sites excluding steroid dienone is 2. The van der Waals surface area contributed by atoms with E-state index >= 15 is 0 Å². The molecular weight excluding hydrogens is 126 g/mol. The van der Waals surface area contributed by atoms with Gasteiger partial charge in [-0.1, -0.05) is 19.1 Å². The Bertz CT molecular complexity index is 193. The molecule has 1 aliphatic rings. The van der Waals surface area contributed by atoms with Crippen molar-refractivity contribution in [3.8, 4) is 0 Å². The average molecular weight is 139 g/mol. The van der Waals surface area contributed by atoms with E-state index < -0.39 is 6.10 Å². The highest BCUT2D eigenvalue weighted by Crippen LogP contribution is 2.19. The second-order valence-corrected chi connectivity index (χ2v) is 2.80. The van der Waals surface area contributed by atoms with Gasteiger partial charge < -0.3 is 10.8 Å². The Labute approximate surface area is 61.0 Å². The van der Waals surface area contributed by atoms with Crippen LogP contribution >= 0.6 is 0 Å². The molecule has 2 unspecified atom stereocenters. The maximum Gasteiger partial charge on any atom is 0.0994 e. The minimum absolute atomic E-state index is 0.156. The van der Waals surface area contributed by atoms with Crippen LogP contribution in [-0.4, -0.2) is 11.2 Å². The predicted molar refractivity (Wildman–Crippen MR) is 41.2 cm³/mol. The summed E-state index contributed by atoms with van der Waals surface area (Å²) in [4.78, 5) is 0. The van der Waals surface area contributed by atoms with E-state index in [2.05, 4.69) is 0 Å². The van der Waals surface area contributed by atoms with Gasteiger partial charge in [0.25, 0.3) is 0 Å². The molecule has 2 heteroatoms. The fourth-order valence-corrected chi connectivity index (χ4v) is 1.01. The monoisotopic (exact) mass is 139 g/mol. The molecule has 0 heterocycles. The first-order chi connectivity index (χ1) is 4.63. The first kappa shape index (κ1) is 7.35. The minimum atomic E-state index is -0.481. The molecule has 1 aliphatic carbocycles. The van der Waals surface area contributed by atoms with E-state index in [9.17, 15) is 5.11 Å². The summed E-state index contributed by atoms with van der Waals surface area (Å²) in [5, 5.41) is 9.38. The van der Waals surface area contributed by atoms with Crippen molar-refractivity contribution >= 4 is 0 Å². The van der Waals surface area contributed by atoms with Gasteiger partial charge >= 0.3 is 0 Å². The largest absolute Gasteiger partial charge is 0.400 e. The fraction of sp³-hybridized carbons (Fsp3) is 0.500. The Balaban J connectivity index is 2.88. The zero-order valence-corrected chi connectivity index (χ0v) is 6.33. The lowest BCUT2D eigenvalue weighted by Gasteiger charge is -2.21. The summed E-state index contributed by atoms with van der Waals surface area (Å²) in [6.07, 6.45) is 3.44. The second kappa shape index (κ2) is 2.46. The first-order valence-electron chi connectivity index (χ1n) is 3.45. The molecule has 2 nitrogen and oxygen atoms in total. The van der Waals surface area contributed by atoms with Crippen LogP contribution in [0.15, 0.2) is 23.4 Å². The van der Waals surface area contributed by atoms with Crippen molar-refractivity contribution in [1.29, 1.82) is 0 Å². The third kappa shape index (κ3) is 1.07. The van der Waals surface area contributed by atoms with E-state index in [1.807, 2.05) is 26.0 Å². The average Bonchev–Trinajstić information content (AvgIpc) is 1.93. The maximum absolute atomic E-state index is 9.38. The van der Waals surface area contributed by atoms with Crippen molar-refractivity contribution in [2.24, 2.45) is 11.7 Å². The lowest BCUT2D eigenvalue weighted by molar-refractivity contribution is 0.168. The van der Waals surface area contributed by atoms with Crippen molar-refractivity contribution in [2.45, 2.75) is 20.0 Å². The van der Waals surface area contributed by atoms with Gasteiger partial charge in [-0.05, 0) is 12.5 Å². The molecule has 0 bridgehead atoms. The number of rotatable bonds is 0. The molecule has 0 saturated carbocycles. The molecule has 0 aromatic heterocycles. The van der Waals surface area contributed by atoms with Crippen molar-refractivity contribution in [3.63, 3.8) is 0 Å². The van der Waals surface area contributed by atoms with Gasteiger partial charge in [-0.3, -0.25) is 0 Å². The zero-order valence-electron chi connectivity index (χ0n) is 6.33. The van der Waals surface area contributed by atoms with E-state index in [1.54, 1.807) is 0 Å². The molecule has 0 aliphatic heterocycles. The van der Waals surface area contributed by atoms with Gasteiger partial charge in [0.15, 0.2) is 0 Å². The topological polar surface area (TPSA) is 46.2 Å². The fourth-order valence-electron chi connectivity index (χ4n) is 1.01. The highest BCUT2D eigenvalue weighted by Gasteiger charge is 2.18. The Morgan fingerprint density at radius 2 is 2.20 bits per heavy atom. The molecule has 0 fully saturated rings. The van der Waals surface area contributed by atoms with E-state index in [0.717, 1.165) is 5.57 Å². The summed E-state index contributed by atoms with van der Waals surface area (Å²) in [6, 6.07) is 0. The molecule has 0 saturated heterocycles. The van der Waals surface area contributed by atoms with Crippen molar-refractivity contribution in [3.05, 3.63) is 23.4 Å². The van der Waals surface area contributed by atoms with Crippen LogP contribution < -0.4 is 5.73 Å². The van der Waals surface area contributed by atoms with E-state index in [4.69, 9.17) is 5.73 Å². The molecule has 3 N–H and O–H groups in total. The van der Waals surface area contributed by atoms with Gasteiger partial charge in [-0.25, -0.2) is 0 Å². The molecule has 10 heavy (non-hydrogen) atoms. The SMILES string of the molecule is CC1=C(N)C(O)C(C)C=C1. The van der Waals surface area contributed by atoms with Crippen LogP contribution in [0, 0.1) is 5.92 Å². The standard InChI is InChI=1S/C8H13NO/c1-5-3-4-6(2)8(10)7(5)9/h3-4,6,8,10H,9H2,1-2H3.